The molecule has 0 saturated heterocycles. The van der Waals surface area contributed by atoms with Crippen molar-refractivity contribution in [3.8, 4) is 5.75 Å². The number of carboxylic acids is 1. The molecule has 0 saturated carbocycles. The lowest BCUT2D eigenvalue weighted by atomic mass is 9.90. The number of hydrogen-bond donors (Lipinski definition) is 1. The summed E-state index contributed by atoms with van der Waals surface area (Å²) < 4.78 is 5.07. The first kappa shape index (κ1) is 18.0. The van der Waals surface area contributed by atoms with Gasteiger partial charge in [-0.1, -0.05) is 27.2 Å². The highest BCUT2D eigenvalue weighted by Crippen LogP contribution is 2.23. The summed E-state index contributed by atoms with van der Waals surface area (Å²) in [6.07, 6.45) is 1.52. The number of carbonyl (C=O) groups excluding carboxylic acids is 1. The van der Waals surface area contributed by atoms with Crippen LogP contribution in [0.3, 0.4) is 0 Å². The third kappa shape index (κ3) is 5.39. The average Bonchev–Trinajstić information content (AvgIpc) is 2.49. The zero-order valence-electron chi connectivity index (χ0n) is 13.7. The van der Waals surface area contributed by atoms with E-state index in [4.69, 9.17) is 9.84 Å². The second kappa shape index (κ2) is 8.41. The molecule has 1 atom stereocenters. The van der Waals surface area contributed by atoms with E-state index in [1.54, 1.807) is 36.2 Å². The monoisotopic (exact) mass is 307 g/mol. The number of hydrogen-bond acceptors (Lipinski definition) is 3. The van der Waals surface area contributed by atoms with Gasteiger partial charge in [-0.3, -0.25) is 4.79 Å². The fourth-order valence-corrected chi connectivity index (χ4v) is 2.27. The summed E-state index contributed by atoms with van der Waals surface area (Å²) >= 11 is 0. The van der Waals surface area contributed by atoms with E-state index in [0.29, 0.717) is 24.0 Å². The molecule has 0 bridgehead atoms. The molecule has 0 radical (unpaired) electrons. The van der Waals surface area contributed by atoms with Crippen molar-refractivity contribution in [2.45, 2.75) is 33.6 Å². The standard InChI is InChI=1S/C17H25NO4/c1-5-13(12(2)3)10-16(19)18(4)14-6-8-15(9-7-14)22-11-17(20)21/h6-9,12-13H,5,10-11H2,1-4H3,(H,20,21). The van der Waals surface area contributed by atoms with Gasteiger partial charge in [0.25, 0.3) is 0 Å². The van der Waals surface area contributed by atoms with Crippen LogP contribution in [0.4, 0.5) is 5.69 Å². The largest absolute Gasteiger partial charge is 0.482 e. The van der Waals surface area contributed by atoms with Crippen LogP contribution >= 0.6 is 0 Å². The number of anilines is 1. The summed E-state index contributed by atoms with van der Waals surface area (Å²) in [6.45, 7) is 6.00. The summed E-state index contributed by atoms with van der Waals surface area (Å²) in [6, 6.07) is 6.85. The second-order valence-electron chi connectivity index (χ2n) is 5.75. The molecule has 1 N–H and O–H groups in total. The zero-order chi connectivity index (χ0) is 16.7. The van der Waals surface area contributed by atoms with Crippen molar-refractivity contribution in [1.82, 2.24) is 0 Å². The van der Waals surface area contributed by atoms with Crippen LogP contribution in [0.5, 0.6) is 5.75 Å². The van der Waals surface area contributed by atoms with Crippen LogP contribution in [0.25, 0.3) is 0 Å². The molecule has 0 spiro atoms. The summed E-state index contributed by atoms with van der Waals surface area (Å²) in [7, 11) is 1.75. The quantitative estimate of drug-likeness (QED) is 0.801. The number of aliphatic carboxylic acids is 1. The van der Waals surface area contributed by atoms with Gasteiger partial charge in [-0.2, -0.15) is 0 Å². The molecule has 22 heavy (non-hydrogen) atoms. The van der Waals surface area contributed by atoms with Gasteiger partial charge in [0.1, 0.15) is 5.75 Å². The van der Waals surface area contributed by atoms with E-state index in [0.717, 1.165) is 12.1 Å². The van der Waals surface area contributed by atoms with Gasteiger partial charge in [-0.25, -0.2) is 4.79 Å². The van der Waals surface area contributed by atoms with Gasteiger partial charge < -0.3 is 14.7 Å². The summed E-state index contributed by atoms with van der Waals surface area (Å²) in [5.41, 5.74) is 0.770. The Labute approximate surface area is 131 Å². The lowest BCUT2D eigenvalue weighted by molar-refractivity contribution is -0.139. The van der Waals surface area contributed by atoms with Gasteiger partial charge >= 0.3 is 5.97 Å². The van der Waals surface area contributed by atoms with Crippen LogP contribution in [0, 0.1) is 11.8 Å². The van der Waals surface area contributed by atoms with Gasteiger partial charge in [-0.15, -0.1) is 0 Å². The molecule has 1 aromatic carbocycles. The number of carboxylic acid groups (broad SMARTS) is 1. The number of benzene rings is 1. The predicted molar refractivity (Wildman–Crippen MR) is 86.2 cm³/mol. The van der Waals surface area contributed by atoms with E-state index in [-0.39, 0.29) is 12.5 Å². The molecule has 0 aliphatic rings. The van der Waals surface area contributed by atoms with Crippen molar-refractivity contribution in [3.05, 3.63) is 24.3 Å². The lowest BCUT2D eigenvalue weighted by Gasteiger charge is -2.23. The Bertz CT molecular complexity index is 496. The van der Waals surface area contributed by atoms with E-state index in [1.165, 1.54) is 0 Å². The Morgan fingerprint density at radius 1 is 1.23 bits per heavy atom. The Morgan fingerprint density at radius 2 is 1.82 bits per heavy atom. The van der Waals surface area contributed by atoms with Gasteiger partial charge in [0.05, 0.1) is 0 Å². The highest BCUT2D eigenvalue weighted by molar-refractivity contribution is 5.93. The fraction of sp³-hybridized carbons (Fsp3) is 0.529. The van der Waals surface area contributed by atoms with Crippen molar-refractivity contribution in [3.63, 3.8) is 0 Å². The molecule has 122 valence electrons. The number of rotatable bonds is 8. The van der Waals surface area contributed by atoms with E-state index in [2.05, 4.69) is 20.8 Å². The van der Waals surface area contributed by atoms with Crippen molar-refractivity contribution < 1.29 is 19.4 Å². The first-order valence-corrected chi connectivity index (χ1v) is 7.56. The fourth-order valence-electron chi connectivity index (χ4n) is 2.27. The number of ether oxygens (including phenoxy) is 1. The molecule has 0 fully saturated rings. The molecule has 1 amide bonds. The highest BCUT2D eigenvalue weighted by atomic mass is 16.5. The van der Waals surface area contributed by atoms with E-state index in [9.17, 15) is 9.59 Å². The minimum absolute atomic E-state index is 0.0831. The maximum atomic E-state index is 12.3. The number of carbonyl (C=O) groups is 2. The molecule has 5 nitrogen and oxygen atoms in total. The van der Waals surface area contributed by atoms with Crippen molar-refractivity contribution in [1.29, 1.82) is 0 Å². The van der Waals surface area contributed by atoms with Gasteiger partial charge in [-0.05, 0) is 36.1 Å². The number of nitrogens with zero attached hydrogens (tertiary/aromatic N) is 1. The van der Waals surface area contributed by atoms with Crippen LogP contribution in [0.2, 0.25) is 0 Å². The van der Waals surface area contributed by atoms with Crippen molar-refractivity contribution >= 4 is 17.6 Å². The second-order valence-corrected chi connectivity index (χ2v) is 5.75. The van der Waals surface area contributed by atoms with E-state index < -0.39 is 5.97 Å². The SMILES string of the molecule is CCC(CC(=O)N(C)c1ccc(OCC(=O)O)cc1)C(C)C. The summed E-state index contributed by atoms with van der Waals surface area (Å²) in [4.78, 5) is 24.4. The first-order valence-electron chi connectivity index (χ1n) is 7.56. The van der Waals surface area contributed by atoms with Crippen molar-refractivity contribution in [2.24, 2.45) is 11.8 Å². The topological polar surface area (TPSA) is 66.8 Å². The molecule has 5 heteroatoms. The molecule has 1 unspecified atom stereocenters. The third-order valence-electron chi connectivity index (χ3n) is 3.86. The predicted octanol–water partition coefficient (Wildman–Crippen LogP) is 3.19. The van der Waals surface area contributed by atoms with Crippen LogP contribution < -0.4 is 9.64 Å². The summed E-state index contributed by atoms with van der Waals surface area (Å²) in [5.74, 6) is 0.401. The Hall–Kier alpha value is -2.04. The molecule has 0 heterocycles. The molecule has 0 aliphatic heterocycles. The molecular formula is C17H25NO4. The van der Waals surface area contributed by atoms with Crippen LogP contribution in [-0.4, -0.2) is 30.6 Å². The van der Waals surface area contributed by atoms with Crippen LogP contribution in [0.1, 0.15) is 33.6 Å². The molecular weight excluding hydrogens is 282 g/mol. The minimum Gasteiger partial charge on any atom is -0.482 e. The van der Waals surface area contributed by atoms with Crippen LogP contribution in [-0.2, 0) is 9.59 Å². The smallest absolute Gasteiger partial charge is 0.341 e. The average molecular weight is 307 g/mol. The van der Waals surface area contributed by atoms with Crippen molar-refractivity contribution in [2.75, 3.05) is 18.6 Å². The third-order valence-corrected chi connectivity index (χ3v) is 3.86. The first-order chi connectivity index (χ1) is 10.3. The Kier molecular flexibility index (Phi) is 6.89. The number of amides is 1. The Morgan fingerprint density at radius 3 is 2.27 bits per heavy atom. The maximum absolute atomic E-state index is 12.3. The van der Waals surface area contributed by atoms with Crippen LogP contribution in [0.15, 0.2) is 24.3 Å². The molecule has 1 aromatic rings. The van der Waals surface area contributed by atoms with Gasteiger partial charge in [0.2, 0.25) is 5.91 Å². The van der Waals surface area contributed by atoms with Gasteiger partial charge in [0, 0.05) is 19.2 Å². The highest BCUT2D eigenvalue weighted by Gasteiger charge is 2.19. The molecule has 0 aliphatic carbocycles. The molecule has 1 rings (SSSR count). The van der Waals surface area contributed by atoms with E-state index in [1.807, 2.05) is 0 Å². The minimum atomic E-state index is -1.02. The summed E-state index contributed by atoms with van der Waals surface area (Å²) in [5, 5.41) is 8.56. The Balaban J connectivity index is 2.66. The normalized spacial score (nSPS) is 12.0. The molecule has 0 aromatic heterocycles. The van der Waals surface area contributed by atoms with Gasteiger partial charge in [0.15, 0.2) is 6.61 Å². The maximum Gasteiger partial charge on any atom is 0.341 e. The van der Waals surface area contributed by atoms with E-state index >= 15 is 0 Å². The lowest BCUT2D eigenvalue weighted by Crippen LogP contribution is -2.29. The zero-order valence-corrected chi connectivity index (χ0v) is 13.7.